The van der Waals surface area contributed by atoms with Crippen LogP contribution in [-0.4, -0.2) is 55.8 Å². The molecule has 6 nitrogen and oxygen atoms in total. The molecular formula is C20H29FIN5O. The third-order valence-electron chi connectivity index (χ3n) is 5.13. The highest BCUT2D eigenvalue weighted by atomic mass is 127. The highest BCUT2D eigenvalue weighted by Crippen LogP contribution is 2.22. The molecule has 0 spiro atoms. The van der Waals surface area contributed by atoms with Gasteiger partial charge >= 0.3 is 0 Å². The van der Waals surface area contributed by atoms with E-state index in [2.05, 4.69) is 32.2 Å². The number of piperazine rings is 1. The molecule has 1 fully saturated rings. The summed E-state index contributed by atoms with van der Waals surface area (Å²) in [4.78, 5) is 8.98. The largest absolute Gasteiger partial charge is 0.368 e. The smallest absolute Gasteiger partial charge is 0.193 e. The standard InChI is InChI=1S/C20H28FN5O.HI/c1-14(19-15(2)24-27-16(19)3)13-23-20(22-4)26-11-9-25(10-12-26)18-7-5-17(21)6-8-18;/h5-8,14H,9-13H2,1-4H3,(H,22,23);1H. The van der Waals surface area contributed by atoms with Gasteiger partial charge in [0.1, 0.15) is 11.6 Å². The highest BCUT2D eigenvalue weighted by Gasteiger charge is 2.21. The molecular weight excluding hydrogens is 472 g/mol. The molecule has 2 heterocycles. The SMILES string of the molecule is CN=C(NCC(C)c1c(C)noc1C)N1CCN(c2ccc(F)cc2)CC1.I. The summed E-state index contributed by atoms with van der Waals surface area (Å²) in [7, 11) is 1.81. The highest BCUT2D eigenvalue weighted by molar-refractivity contribution is 14.0. The topological polar surface area (TPSA) is 56.9 Å². The van der Waals surface area contributed by atoms with Crippen LogP contribution in [0.15, 0.2) is 33.8 Å². The van der Waals surface area contributed by atoms with Crippen molar-refractivity contribution < 1.29 is 8.91 Å². The molecule has 1 saturated heterocycles. The Morgan fingerprint density at radius 3 is 2.39 bits per heavy atom. The molecule has 1 aliphatic heterocycles. The fraction of sp³-hybridized carbons (Fsp3) is 0.500. The van der Waals surface area contributed by atoms with E-state index in [-0.39, 0.29) is 35.7 Å². The van der Waals surface area contributed by atoms with Gasteiger partial charge in [-0.2, -0.15) is 0 Å². The summed E-state index contributed by atoms with van der Waals surface area (Å²) in [6.07, 6.45) is 0. The normalized spacial score (nSPS) is 16.0. The quantitative estimate of drug-likeness (QED) is 0.395. The average molecular weight is 501 g/mol. The van der Waals surface area contributed by atoms with E-state index in [1.165, 1.54) is 17.7 Å². The molecule has 0 amide bonds. The summed E-state index contributed by atoms with van der Waals surface area (Å²) in [5, 5.41) is 7.53. The van der Waals surface area contributed by atoms with Crippen LogP contribution in [0.1, 0.15) is 29.9 Å². The van der Waals surface area contributed by atoms with Crippen LogP contribution < -0.4 is 10.2 Å². The molecule has 0 radical (unpaired) electrons. The first-order valence-electron chi connectivity index (χ1n) is 9.38. The first-order chi connectivity index (χ1) is 13.0. The van der Waals surface area contributed by atoms with Crippen molar-refractivity contribution in [2.24, 2.45) is 4.99 Å². The Kier molecular flexibility index (Phi) is 8.09. The fourth-order valence-corrected chi connectivity index (χ4v) is 3.70. The van der Waals surface area contributed by atoms with E-state index in [0.717, 1.165) is 55.8 Å². The maximum absolute atomic E-state index is 13.1. The van der Waals surface area contributed by atoms with E-state index in [9.17, 15) is 4.39 Å². The van der Waals surface area contributed by atoms with Crippen molar-refractivity contribution in [3.8, 4) is 0 Å². The summed E-state index contributed by atoms with van der Waals surface area (Å²) in [6.45, 7) is 10.4. The van der Waals surface area contributed by atoms with Gasteiger partial charge in [-0.25, -0.2) is 4.39 Å². The Morgan fingerprint density at radius 2 is 1.86 bits per heavy atom. The van der Waals surface area contributed by atoms with Gasteiger partial charge in [-0.3, -0.25) is 4.99 Å². The van der Waals surface area contributed by atoms with Crippen molar-refractivity contribution in [2.75, 3.05) is 44.7 Å². The Hall–Kier alpha value is -1.84. The molecule has 0 aliphatic carbocycles. The molecule has 0 bridgehead atoms. The fourth-order valence-electron chi connectivity index (χ4n) is 3.70. The zero-order valence-corrected chi connectivity index (χ0v) is 19.2. The van der Waals surface area contributed by atoms with Crippen LogP contribution in [0.5, 0.6) is 0 Å². The van der Waals surface area contributed by atoms with Gasteiger partial charge in [0.25, 0.3) is 0 Å². The third kappa shape index (κ3) is 5.15. The van der Waals surface area contributed by atoms with Gasteiger partial charge in [-0.15, -0.1) is 24.0 Å². The molecule has 1 aliphatic rings. The van der Waals surface area contributed by atoms with E-state index in [0.29, 0.717) is 0 Å². The lowest BCUT2D eigenvalue weighted by atomic mass is 10.00. The van der Waals surface area contributed by atoms with Crippen LogP contribution >= 0.6 is 24.0 Å². The van der Waals surface area contributed by atoms with Gasteiger partial charge in [0.15, 0.2) is 5.96 Å². The number of aryl methyl sites for hydroxylation is 2. The van der Waals surface area contributed by atoms with Crippen LogP contribution in [0, 0.1) is 19.7 Å². The zero-order valence-electron chi connectivity index (χ0n) is 16.9. The molecule has 1 aromatic heterocycles. The number of guanidine groups is 1. The number of hydrogen-bond acceptors (Lipinski definition) is 4. The molecule has 3 rings (SSSR count). The Balaban J connectivity index is 0.00000280. The molecule has 0 saturated carbocycles. The van der Waals surface area contributed by atoms with Gasteiger partial charge in [0, 0.05) is 56.9 Å². The van der Waals surface area contributed by atoms with Crippen LogP contribution in [-0.2, 0) is 0 Å². The summed E-state index contributed by atoms with van der Waals surface area (Å²) < 4.78 is 18.4. The predicted molar refractivity (Wildman–Crippen MR) is 121 cm³/mol. The van der Waals surface area contributed by atoms with Crippen molar-refractivity contribution in [3.05, 3.63) is 47.1 Å². The Bertz CT molecular complexity index is 765. The van der Waals surface area contributed by atoms with Crippen molar-refractivity contribution in [2.45, 2.75) is 26.7 Å². The summed E-state index contributed by atoms with van der Waals surface area (Å²) >= 11 is 0. The van der Waals surface area contributed by atoms with E-state index in [1.807, 2.05) is 33.0 Å². The first kappa shape index (κ1) is 22.4. The molecule has 1 N–H and O–H groups in total. The molecule has 1 atom stereocenters. The second-order valence-corrected chi connectivity index (χ2v) is 7.02. The van der Waals surface area contributed by atoms with Gasteiger partial charge in [0.05, 0.1) is 5.69 Å². The Labute approximate surface area is 183 Å². The number of aromatic nitrogens is 1. The Morgan fingerprint density at radius 1 is 1.21 bits per heavy atom. The second kappa shape index (κ2) is 10.1. The molecule has 8 heteroatoms. The van der Waals surface area contributed by atoms with Crippen LogP contribution in [0.4, 0.5) is 10.1 Å². The molecule has 2 aromatic rings. The van der Waals surface area contributed by atoms with Crippen molar-refractivity contribution in [1.29, 1.82) is 0 Å². The van der Waals surface area contributed by atoms with E-state index in [1.54, 1.807) is 0 Å². The minimum absolute atomic E-state index is 0. The molecule has 28 heavy (non-hydrogen) atoms. The number of aliphatic imine (C=N–C) groups is 1. The van der Waals surface area contributed by atoms with E-state index >= 15 is 0 Å². The van der Waals surface area contributed by atoms with Crippen LogP contribution in [0.25, 0.3) is 0 Å². The van der Waals surface area contributed by atoms with Gasteiger partial charge in [0.2, 0.25) is 0 Å². The van der Waals surface area contributed by atoms with Gasteiger partial charge < -0.3 is 19.6 Å². The van der Waals surface area contributed by atoms with Gasteiger partial charge in [-0.1, -0.05) is 12.1 Å². The molecule has 1 unspecified atom stereocenters. The maximum atomic E-state index is 13.1. The van der Waals surface area contributed by atoms with Crippen molar-refractivity contribution in [1.82, 2.24) is 15.4 Å². The van der Waals surface area contributed by atoms with Crippen LogP contribution in [0.3, 0.4) is 0 Å². The summed E-state index contributed by atoms with van der Waals surface area (Å²) in [5.74, 6) is 1.87. The number of hydrogen-bond donors (Lipinski definition) is 1. The third-order valence-corrected chi connectivity index (χ3v) is 5.13. The lowest BCUT2D eigenvalue weighted by Crippen LogP contribution is -2.53. The number of nitrogens with zero attached hydrogens (tertiary/aromatic N) is 4. The first-order valence-corrected chi connectivity index (χ1v) is 9.38. The number of rotatable bonds is 4. The lowest BCUT2D eigenvalue weighted by Gasteiger charge is -2.38. The molecule has 1 aromatic carbocycles. The number of nitrogens with one attached hydrogen (secondary N) is 1. The predicted octanol–water partition coefficient (Wildman–Crippen LogP) is 3.55. The zero-order chi connectivity index (χ0) is 19.4. The number of halogens is 2. The summed E-state index contributed by atoms with van der Waals surface area (Å²) in [6, 6.07) is 6.70. The minimum Gasteiger partial charge on any atom is -0.368 e. The van der Waals surface area contributed by atoms with Gasteiger partial charge in [-0.05, 0) is 38.1 Å². The summed E-state index contributed by atoms with van der Waals surface area (Å²) in [5.41, 5.74) is 3.18. The monoisotopic (exact) mass is 501 g/mol. The van der Waals surface area contributed by atoms with E-state index < -0.39 is 0 Å². The van der Waals surface area contributed by atoms with Crippen molar-refractivity contribution in [3.63, 3.8) is 0 Å². The minimum atomic E-state index is -0.200. The van der Waals surface area contributed by atoms with E-state index in [4.69, 9.17) is 4.52 Å². The van der Waals surface area contributed by atoms with Crippen LogP contribution in [0.2, 0.25) is 0 Å². The second-order valence-electron chi connectivity index (χ2n) is 7.02. The average Bonchev–Trinajstić information content (AvgIpc) is 3.01. The lowest BCUT2D eigenvalue weighted by molar-refractivity contribution is 0.371. The number of benzene rings is 1. The maximum Gasteiger partial charge on any atom is 0.193 e. The van der Waals surface area contributed by atoms with Crippen molar-refractivity contribution >= 4 is 35.6 Å². The molecule has 154 valence electrons. The number of anilines is 1.